The second-order valence-electron chi connectivity index (χ2n) is 6.02. The Morgan fingerprint density at radius 1 is 1.13 bits per heavy atom. The normalized spacial score (nSPS) is 11.4. The topological polar surface area (TPSA) is 79.4 Å². The van der Waals surface area contributed by atoms with E-state index in [0.717, 1.165) is 10.6 Å². The molecule has 0 unspecified atom stereocenters. The first-order chi connectivity index (χ1) is 14.3. The van der Waals surface area contributed by atoms with Gasteiger partial charge in [-0.05, 0) is 36.4 Å². The lowest BCUT2D eigenvalue weighted by Gasteiger charge is -2.19. The molecular formula is C20H18ClN3O3S3. The Bertz CT molecular complexity index is 1160. The van der Waals surface area contributed by atoms with Gasteiger partial charge in [-0.25, -0.2) is 13.4 Å². The monoisotopic (exact) mass is 479 g/mol. The number of thiophene rings is 1. The molecule has 1 N–H and O–H groups in total. The van der Waals surface area contributed by atoms with Crippen molar-refractivity contribution < 1.29 is 13.2 Å². The highest BCUT2D eigenvalue weighted by molar-refractivity contribution is 7.89. The molecule has 0 radical (unpaired) electrons. The molecule has 6 nitrogen and oxygen atoms in total. The van der Waals surface area contributed by atoms with Gasteiger partial charge in [0.25, 0.3) is 5.91 Å². The van der Waals surface area contributed by atoms with E-state index >= 15 is 0 Å². The quantitative estimate of drug-likeness (QED) is 0.431. The second-order valence-corrected chi connectivity index (χ2v) is 10.5. The highest BCUT2D eigenvalue weighted by Crippen LogP contribution is 2.33. The number of nitrogens with zero attached hydrogens (tertiary/aromatic N) is 2. The van der Waals surface area contributed by atoms with Crippen LogP contribution in [0, 0.1) is 0 Å². The van der Waals surface area contributed by atoms with Crippen molar-refractivity contribution >= 4 is 55.3 Å². The molecule has 2 aromatic heterocycles. The Hall–Kier alpha value is -2.30. The SMILES string of the molecule is C=CCN(CC=C)S(=O)(=O)c1ccc(C(=O)Nc2nc(-c3ccc(Cl)s3)cs2)cc1. The number of amides is 1. The third-order valence-electron chi connectivity index (χ3n) is 3.97. The van der Waals surface area contributed by atoms with E-state index < -0.39 is 10.0 Å². The van der Waals surface area contributed by atoms with Gasteiger partial charge in [0.15, 0.2) is 5.13 Å². The van der Waals surface area contributed by atoms with Crippen LogP contribution in [-0.4, -0.2) is 36.7 Å². The van der Waals surface area contributed by atoms with E-state index in [0.29, 0.717) is 15.0 Å². The molecule has 2 heterocycles. The molecule has 0 aliphatic heterocycles. The van der Waals surface area contributed by atoms with Crippen LogP contribution in [0.25, 0.3) is 10.6 Å². The third-order valence-corrected chi connectivity index (χ3v) is 7.83. The van der Waals surface area contributed by atoms with Gasteiger partial charge in [-0.3, -0.25) is 10.1 Å². The molecule has 156 valence electrons. The average molecular weight is 480 g/mol. The second kappa shape index (κ2) is 9.67. The predicted octanol–water partition coefficient (Wildman–Crippen LogP) is 5.14. The summed E-state index contributed by atoms with van der Waals surface area (Å²) in [5.41, 5.74) is 1.06. The summed E-state index contributed by atoms with van der Waals surface area (Å²) in [5, 5.41) is 5.01. The summed E-state index contributed by atoms with van der Waals surface area (Å²) in [7, 11) is -3.71. The van der Waals surface area contributed by atoms with Gasteiger partial charge < -0.3 is 0 Å². The zero-order chi connectivity index (χ0) is 21.7. The van der Waals surface area contributed by atoms with E-state index in [2.05, 4.69) is 23.5 Å². The van der Waals surface area contributed by atoms with E-state index in [1.165, 1.54) is 63.4 Å². The van der Waals surface area contributed by atoms with E-state index in [-0.39, 0.29) is 23.9 Å². The summed E-state index contributed by atoms with van der Waals surface area (Å²) in [6, 6.07) is 9.41. The molecule has 3 rings (SSSR count). The number of nitrogens with one attached hydrogen (secondary N) is 1. The maximum absolute atomic E-state index is 12.7. The number of hydrogen-bond donors (Lipinski definition) is 1. The fourth-order valence-corrected chi connectivity index (χ4v) is 5.72. The summed E-state index contributed by atoms with van der Waals surface area (Å²) < 4.78 is 27.4. The van der Waals surface area contributed by atoms with Crippen molar-refractivity contribution in [1.82, 2.24) is 9.29 Å². The minimum Gasteiger partial charge on any atom is -0.298 e. The average Bonchev–Trinajstić information content (AvgIpc) is 3.36. The highest BCUT2D eigenvalue weighted by atomic mass is 35.5. The largest absolute Gasteiger partial charge is 0.298 e. The van der Waals surface area contributed by atoms with Gasteiger partial charge in [0.1, 0.15) is 0 Å². The van der Waals surface area contributed by atoms with E-state index in [4.69, 9.17) is 11.6 Å². The van der Waals surface area contributed by atoms with Gasteiger partial charge in [0, 0.05) is 24.0 Å². The summed E-state index contributed by atoms with van der Waals surface area (Å²) >= 11 is 8.65. The van der Waals surface area contributed by atoms with E-state index in [1.807, 2.05) is 11.4 Å². The number of anilines is 1. The van der Waals surface area contributed by atoms with Crippen molar-refractivity contribution in [3.8, 4) is 10.6 Å². The third kappa shape index (κ3) is 5.05. The molecule has 1 aromatic carbocycles. The zero-order valence-electron chi connectivity index (χ0n) is 15.7. The molecule has 0 aliphatic carbocycles. The standard InChI is InChI=1S/C20H18ClN3O3S3/c1-3-11-24(12-4-2)30(26,27)15-7-5-14(6-8-15)19(25)23-20-22-16(13-28-20)17-9-10-18(21)29-17/h3-10,13H,1-2,11-12H2,(H,22,23,25). The van der Waals surface area contributed by atoms with E-state index in [1.54, 1.807) is 6.07 Å². The van der Waals surface area contributed by atoms with Gasteiger partial charge in [-0.1, -0.05) is 23.8 Å². The van der Waals surface area contributed by atoms with Gasteiger partial charge >= 0.3 is 0 Å². The molecular weight excluding hydrogens is 462 g/mol. The minimum absolute atomic E-state index is 0.0915. The maximum atomic E-state index is 12.7. The van der Waals surface area contributed by atoms with Crippen molar-refractivity contribution in [2.45, 2.75) is 4.90 Å². The molecule has 0 spiro atoms. The van der Waals surface area contributed by atoms with Crippen molar-refractivity contribution in [3.05, 3.63) is 77.0 Å². The van der Waals surface area contributed by atoms with Crippen LogP contribution in [0.3, 0.4) is 0 Å². The van der Waals surface area contributed by atoms with Crippen LogP contribution in [0.5, 0.6) is 0 Å². The van der Waals surface area contributed by atoms with Crippen LogP contribution in [0.4, 0.5) is 5.13 Å². The number of thiazole rings is 1. The molecule has 1 amide bonds. The number of aromatic nitrogens is 1. The van der Waals surface area contributed by atoms with Crippen molar-refractivity contribution in [2.24, 2.45) is 0 Å². The van der Waals surface area contributed by atoms with Crippen molar-refractivity contribution in [2.75, 3.05) is 18.4 Å². The van der Waals surface area contributed by atoms with Crippen LogP contribution in [0.2, 0.25) is 4.34 Å². The molecule has 0 bridgehead atoms. The van der Waals surface area contributed by atoms with Crippen LogP contribution in [-0.2, 0) is 10.0 Å². The number of sulfonamides is 1. The molecule has 0 atom stereocenters. The van der Waals surface area contributed by atoms with Crippen molar-refractivity contribution in [3.63, 3.8) is 0 Å². The number of rotatable bonds is 9. The van der Waals surface area contributed by atoms with Gasteiger partial charge in [-0.15, -0.1) is 35.8 Å². The van der Waals surface area contributed by atoms with Crippen LogP contribution in [0.15, 0.2) is 72.0 Å². The molecule has 3 aromatic rings. The number of carbonyl (C=O) groups is 1. The van der Waals surface area contributed by atoms with Gasteiger partial charge in [0.2, 0.25) is 10.0 Å². The fourth-order valence-electron chi connectivity index (χ4n) is 2.55. The van der Waals surface area contributed by atoms with Crippen LogP contribution >= 0.6 is 34.3 Å². The number of benzene rings is 1. The first kappa shape index (κ1) is 22.4. The first-order valence-electron chi connectivity index (χ1n) is 8.69. The summed E-state index contributed by atoms with van der Waals surface area (Å²) in [6.07, 6.45) is 3.02. The predicted molar refractivity (Wildman–Crippen MR) is 124 cm³/mol. The lowest BCUT2D eigenvalue weighted by molar-refractivity contribution is 0.102. The molecule has 0 fully saturated rings. The van der Waals surface area contributed by atoms with Gasteiger partial charge in [0.05, 0.1) is 19.8 Å². The van der Waals surface area contributed by atoms with Crippen molar-refractivity contribution in [1.29, 1.82) is 0 Å². The van der Waals surface area contributed by atoms with E-state index in [9.17, 15) is 13.2 Å². The highest BCUT2D eigenvalue weighted by Gasteiger charge is 2.22. The fraction of sp³-hybridized carbons (Fsp3) is 0.100. The maximum Gasteiger partial charge on any atom is 0.257 e. The van der Waals surface area contributed by atoms with Crippen LogP contribution in [0.1, 0.15) is 10.4 Å². The number of halogens is 1. The summed E-state index contributed by atoms with van der Waals surface area (Å²) in [6.45, 7) is 7.50. The Labute approximate surface area is 188 Å². The zero-order valence-corrected chi connectivity index (χ0v) is 19.0. The molecule has 0 aliphatic rings. The molecule has 0 saturated carbocycles. The molecule has 0 saturated heterocycles. The lowest BCUT2D eigenvalue weighted by Crippen LogP contribution is -2.31. The van der Waals surface area contributed by atoms with Crippen LogP contribution < -0.4 is 5.32 Å². The summed E-state index contributed by atoms with van der Waals surface area (Å²) in [4.78, 5) is 17.9. The first-order valence-corrected chi connectivity index (χ1v) is 12.2. The number of hydrogen-bond acceptors (Lipinski definition) is 6. The lowest BCUT2D eigenvalue weighted by atomic mass is 10.2. The van der Waals surface area contributed by atoms with Gasteiger partial charge in [-0.2, -0.15) is 4.31 Å². The number of carbonyl (C=O) groups excluding carboxylic acids is 1. The Morgan fingerprint density at radius 2 is 1.80 bits per heavy atom. The Balaban J connectivity index is 1.73. The Morgan fingerprint density at radius 3 is 2.37 bits per heavy atom. The molecule has 10 heteroatoms. The summed E-state index contributed by atoms with van der Waals surface area (Å²) in [5.74, 6) is -0.377. The molecule has 30 heavy (non-hydrogen) atoms. The minimum atomic E-state index is -3.71. The smallest absolute Gasteiger partial charge is 0.257 e. The Kier molecular flexibility index (Phi) is 7.22.